The van der Waals surface area contributed by atoms with E-state index >= 15 is 0 Å². The Bertz CT molecular complexity index is 143. The predicted molar refractivity (Wildman–Crippen MR) is 39.4 cm³/mol. The van der Waals surface area contributed by atoms with E-state index in [1.54, 1.807) is 20.9 Å². The lowest BCUT2D eigenvalue weighted by molar-refractivity contribution is -0.128. The molecule has 1 atom stereocenters. The van der Waals surface area contributed by atoms with Gasteiger partial charge in [-0.2, -0.15) is 0 Å². The van der Waals surface area contributed by atoms with Gasteiger partial charge in [-0.3, -0.25) is 4.79 Å². The van der Waals surface area contributed by atoms with Crippen LogP contribution in [-0.2, 0) is 9.53 Å². The fourth-order valence-electron chi connectivity index (χ4n) is 0.559. The summed E-state index contributed by atoms with van der Waals surface area (Å²) in [5, 5.41) is 2.47. The molecule has 0 saturated carbocycles. The minimum atomic E-state index is -0.442. The molecule has 0 aromatic carbocycles. The molecule has 0 aliphatic rings. The molecule has 0 spiro atoms. The highest BCUT2D eigenvalue weighted by molar-refractivity contribution is 5.80. The number of ether oxygens (including phenoxy) is 1. The van der Waals surface area contributed by atoms with Gasteiger partial charge in [0.1, 0.15) is 0 Å². The van der Waals surface area contributed by atoms with E-state index in [2.05, 4.69) is 11.9 Å². The van der Waals surface area contributed by atoms with E-state index in [4.69, 9.17) is 4.74 Å². The molecule has 0 heterocycles. The molecule has 0 rings (SSSR count). The lowest BCUT2D eigenvalue weighted by Gasteiger charge is -2.11. The van der Waals surface area contributed by atoms with Gasteiger partial charge in [0, 0.05) is 7.05 Å². The smallest absolute Gasteiger partial charge is 0.260 e. The van der Waals surface area contributed by atoms with Gasteiger partial charge in [0.2, 0.25) is 0 Å². The molecule has 0 unspecified atom stereocenters. The van der Waals surface area contributed by atoms with Gasteiger partial charge in [0.05, 0.1) is 5.76 Å². The number of rotatable bonds is 3. The first-order chi connectivity index (χ1) is 4.57. The van der Waals surface area contributed by atoms with E-state index in [1.807, 2.05) is 0 Å². The van der Waals surface area contributed by atoms with Crippen LogP contribution >= 0.6 is 0 Å². The van der Waals surface area contributed by atoms with Gasteiger partial charge >= 0.3 is 0 Å². The number of carbonyl (C=O) groups excluding carboxylic acids is 1. The zero-order valence-electron chi connectivity index (χ0n) is 6.60. The summed E-state index contributed by atoms with van der Waals surface area (Å²) in [5.41, 5.74) is 0. The van der Waals surface area contributed by atoms with Crippen LogP contribution in [0, 0.1) is 0 Å². The molecule has 0 aromatic rings. The minimum Gasteiger partial charge on any atom is -0.486 e. The molecule has 58 valence electrons. The third-order valence-electron chi connectivity index (χ3n) is 0.994. The van der Waals surface area contributed by atoms with Crippen molar-refractivity contribution >= 4 is 5.91 Å². The van der Waals surface area contributed by atoms with Crippen molar-refractivity contribution in [3.63, 3.8) is 0 Å². The summed E-state index contributed by atoms with van der Waals surface area (Å²) >= 11 is 0. The lowest BCUT2D eigenvalue weighted by atomic mass is 10.4. The summed E-state index contributed by atoms with van der Waals surface area (Å²) < 4.78 is 5.00. The second kappa shape index (κ2) is 3.93. The van der Waals surface area contributed by atoms with Gasteiger partial charge in [-0.1, -0.05) is 6.58 Å². The van der Waals surface area contributed by atoms with Crippen LogP contribution in [0.1, 0.15) is 13.8 Å². The molecule has 0 bridgehead atoms. The standard InChI is InChI=1S/C7H13NO2/c1-5(2)10-6(3)7(9)8-4/h6H,1H2,2-4H3,(H,8,9)/t6-/m1/s1. The molecule has 0 saturated heterocycles. The fourth-order valence-corrected chi connectivity index (χ4v) is 0.559. The largest absolute Gasteiger partial charge is 0.486 e. The Kier molecular flexibility index (Phi) is 3.54. The first-order valence-corrected chi connectivity index (χ1v) is 3.11. The molecule has 0 aliphatic carbocycles. The predicted octanol–water partition coefficient (Wildman–Crippen LogP) is 0.671. The number of hydrogen-bond donors (Lipinski definition) is 1. The molecule has 10 heavy (non-hydrogen) atoms. The Balaban J connectivity index is 3.72. The normalized spacial score (nSPS) is 11.9. The molecule has 3 heteroatoms. The van der Waals surface area contributed by atoms with E-state index < -0.39 is 6.10 Å². The van der Waals surface area contributed by atoms with Crippen LogP contribution in [0.2, 0.25) is 0 Å². The third-order valence-corrected chi connectivity index (χ3v) is 0.994. The molecular weight excluding hydrogens is 130 g/mol. The zero-order valence-corrected chi connectivity index (χ0v) is 6.60. The molecule has 0 fully saturated rings. The number of likely N-dealkylation sites (N-methyl/N-ethyl adjacent to an activating group) is 1. The average Bonchev–Trinajstić information content (AvgIpc) is 1.85. The topological polar surface area (TPSA) is 38.3 Å². The second-order valence-electron chi connectivity index (χ2n) is 2.08. The molecular formula is C7H13NO2. The van der Waals surface area contributed by atoms with Crippen LogP contribution in [0.3, 0.4) is 0 Å². The maximum atomic E-state index is 10.8. The second-order valence-corrected chi connectivity index (χ2v) is 2.08. The van der Waals surface area contributed by atoms with Crippen LogP contribution in [0.25, 0.3) is 0 Å². The number of carbonyl (C=O) groups is 1. The SMILES string of the molecule is C=C(C)O[C@H](C)C(=O)NC. The van der Waals surface area contributed by atoms with Crippen LogP contribution in [0.4, 0.5) is 0 Å². The van der Waals surface area contributed by atoms with E-state index in [0.717, 1.165) is 0 Å². The van der Waals surface area contributed by atoms with Crippen molar-refractivity contribution in [3.05, 3.63) is 12.3 Å². The monoisotopic (exact) mass is 143 g/mol. The molecule has 0 radical (unpaired) electrons. The average molecular weight is 143 g/mol. The molecule has 3 nitrogen and oxygen atoms in total. The number of allylic oxidation sites excluding steroid dienone is 1. The first kappa shape index (κ1) is 9.01. The number of amides is 1. The summed E-state index contributed by atoms with van der Waals surface area (Å²) in [6.45, 7) is 6.89. The van der Waals surface area contributed by atoms with Crippen molar-refractivity contribution in [1.29, 1.82) is 0 Å². The van der Waals surface area contributed by atoms with Crippen LogP contribution < -0.4 is 5.32 Å². The lowest BCUT2D eigenvalue weighted by Crippen LogP contribution is -2.31. The van der Waals surface area contributed by atoms with Gasteiger partial charge in [0.25, 0.3) is 5.91 Å². The Morgan fingerprint density at radius 2 is 2.20 bits per heavy atom. The van der Waals surface area contributed by atoms with E-state index in [-0.39, 0.29) is 5.91 Å². The van der Waals surface area contributed by atoms with Crippen LogP contribution in [-0.4, -0.2) is 19.1 Å². The Hall–Kier alpha value is -0.990. The van der Waals surface area contributed by atoms with Crippen molar-refractivity contribution in [2.24, 2.45) is 0 Å². The summed E-state index contributed by atoms with van der Waals surface area (Å²) in [6, 6.07) is 0. The third kappa shape index (κ3) is 3.12. The summed E-state index contributed by atoms with van der Waals surface area (Å²) in [4.78, 5) is 10.8. The maximum absolute atomic E-state index is 10.8. The van der Waals surface area contributed by atoms with Crippen molar-refractivity contribution in [1.82, 2.24) is 5.32 Å². The molecule has 0 aromatic heterocycles. The maximum Gasteiger partial charge on any atom is 0.260 e. The minimum absolute atomic E-state index is 0.136. The highest BCUT2D eigenvalue weighted by Gasteiger charge is 2.10. The summed E-state index contributed by atoms with van der Waals surface area (Å²) in [5.74, 6) is 0.416. The van der Waals surface area contributed by atoms with Crippen molar-refractivity contribution in [3.8, 4) is 0 Å². The van der Waals surface area contributed by atoms with Crippen molar-refractivity contribution < 1.29 is 9.53 Å². The van der Waals surface area contributed by atoms with Gasteiger partial charge in [-0.15, -0.1) is 0 Å². The van der Waals surface area contributed by atoms with Gasteiger partial charge in [0.15, 0.2) is 6.10 Å². The van der Waals surface area contributed by atoms with E-state index in [1.165, 1.54) is 0 Å². The molecule has 1 N–H and O–H groups in total. The van der Waals surface area contributed by atoms with Gasteiger partial charge in [-0.25, -0.2) is 0 Å². The van der Waals surface area contributed by atoms with Crippen molar-refractivity contribution in [2.75, 3.05) is 7.05 Å². The number of nitrogens with one attached hydrogen (secondary N) is 1. The Morgan fingerprint density at radius 3 is 2.50 bits per heavy atom. The quantitative estimate of drug-likeness (QED) is 0.590. The van der Waals surface area contributed by atoms with E-state index in [0.29, 0.717) is 5.76 Å². The zero-order chi connectivity index (χ0) is 8.15. The van der Waals surface area contributed by atoms with Gasteiger partial charge in [-0.05, 0) is 13.8 Å². The highest BCUT2D eigenvalue weighted by Crippen LogP contribution is 1.97. The Labute approximate surface area is 61.1 Å². The fraction of sp³-hybridized carbons (Fsp3) is 0.571. The van der Waals surface area contributed by atoms with E-state index in [9.17, 15) is 4.79 Å². The van der Waals surface area contributed by atoms with Crippen molar-refractivity contribution in [2.45, 2.75) is 20.0 Å². The first-order valence-electron chi connectivity index (χ1n) is 3.11. The van der Waals surface area contributed by atoms with Gasteiger partial charge < -0.3 is 10.1 Å². The molecule has 1 amide bonds. The molecule has 0 aliphatic heterocycles. The summed E-state index contributed by atoms with van der Waals surface area (Å²) in [7, 11) is 1.57. The summed E-state index contributed by atoms with van der Waals surface area (Å²) in [6.07, 6.45) is -0.442. The van der Waals surface area contributed by atoms with Crippen LogP contribution in [0.15, 0.2) is 12.3 Å². The van der Waals surface area contributed by atoms with Crippen LogP contribution in [0.5, 0.6) is 0 Å². The number of hydrogen-bond acceptors (Lipinski definition) is 2. The highest BCUT2D eigenvalue weighted by atomic mass is 16.5. The Morgan fingerprint density at radius 1 is 1.70 bits per heavy atom.